The molecule has 0 saturated heterocycles. The molecule has 0 radical (unpaired) electrons. The minimum Gasteiger partial charge on any atom is -0.439 e. The third-order valence-electron chi connectivity index (χ3n) is 4.76. The SMILES string of the molecule is NCc1ccnc(Oc2cccc(C(=O)N3CCc4ccccc4C3)c2)c1. The summed E-state index contributed by atoms with van der Waals surface area (Å²) in [5.41, 5.74) is 9.75. The minimum atomic E-state index is 0.0126. The zero-order valence-electron chi connectivity index (χ0n) is 15.0. The number of fused-ring (bicyclic) bond motifs is 1. The number of amides is 1. The summed E-state index contributed by atoms with van der Waals surface area (Å²) < 4.78 is 5.82. The second-order valence-corrected chi connectivity index (χ2v) is 6.58. The van der Waals surface area contributed by atoms with E-state index in [-0.39, 0.29) is 5.91 Å². The lowest BCUT2D eigenvalue weighted by molar-refractivity contribution is 0.0734. The Hall–Kier alpha value is -3.18. The topological polar surface area (TPSA) is 68.5 Å². The summed E-state index contributed by atoms with van der Waals surface area (Å²) in [5, 5.41) is 0. The maximum absolute atomic E-state index is 13.0. The van der Waals surface area contributed by atoms with Crippen LogP contribution in [0.3, 0.4) is 0 Å². The molecule has 0 saturated carbocycles. The molecule has 1 aliphatic rings. The van der Waals surface area contributed by atoms with Crippen LogP contribution >= 0.6 is 0 Å². The molecule has 5 heteroatoms. The second kappa shape index (κ2) is 7.60. The summed E-state index contributed by atoms with van der Waals surface area (Å²) in [6, 6.07) is 19.2. The zero-order valence-corrected chi connectivity index (χ0v) is 15.0. The Bertz CT molecular complexity index is 971. The zero-order chi connectivity index (χ0) is 18.6. The van der Waals surface area contributed by atoms with Gasteiger partial charge in [0.05, 0.1) is 0 Å². The standard InChI is InChI=1S/C22H21N3O2/c23-14-16-8-10-24-21(12-16)27-20-7-3-6-18(13-20)22(26)25-11-9-17-4-1-2-5-19(17)15-25/h1-8,10,12-13H,9,11,14-15,23H2. The van der Waals surface area contributed by atoms with Gasteiger partial charge in [-0.15, -0.1) is 0 Å². The third-order valence-corrected chi connectivity index (χ3v) is 4.76. The lowest BCUT2D eigenvalue weighted by Gasteiger charge is -2.29. The van der Waals surface area contributed by atoms with E-state index in [1.54, 1.807) is 18.3 Å². The highest BCUT2D eigenvalue weighted by atomic mass is 16.5. The number of ether oxygens (including phenoxy) is 1. The first-order chi connectivity index (χ1) is 13.2. The molecule has 1 aliphatic heterocycles. The first kappa shape index (κ1) is 17.2. The molecule has 2 N–H and O–H groups in total. The lowest BCUT2D eigenvalue weighted by atomic mass is 9.99. The number of hydrogen-bond acceptors (Lipinski definition) is 4. The van der Waals surface area contributed by atoms with E-state index in [1.165, 1.54) is 11.1 Å². The van der Waals surface area contributed by atoms with Gasteiger partial charge in [-0.3, -0.25) is 4.79 Å². The molecule has 2 heterocycles. The van der Waals surface area contributed by atoms with Crippen LogP contribution in [0.5, 0.6) is 11.6 Å². The number of pyridine rings is 1. The van der Waals surface area contributed by atoms with Gasteiger partial charge in [-0.25, -0.2) is 4.98 Å². The van der Waals surface area contributed by atoms with E-state index < -0.39 is 0 Å². The van der Waals surface area contributed by atoms with Crippen molar-refractivity contribution in [2.24, 2.45) is 5.73 Å². The Kier molecular flexibility index (Phi) is 4.85. The van der Waals surface area contributed by atoms with Gasteiger partial charge in [0.15, 0.2) is 0 Å². The largest absolute Gasteiger partial charge is 0.439 e. The summed E-state index contributed by atoms with van der Waals surface area (Å²) in [6.45, 7) is 1.79. The maximum atomic E-state index is 13.0. The highest BCUT2D eigenvalue weighted by molar-refractivity contribution is 5.94. The van der Waals surface area contributed by atoms with Crippen LogP contribution in [0.1, 0.15) is 27.0 Å². The van der Waals surface area contributed by atoms with E-state index in [9.17, 15) is 4.79 Å². The predicted molar refractivity (Wildman–Crippen MR) is 104 cm³/mol. The van der Waals surface area contributed by atoms with Crippen molar-refractivity contribution >= 4 is 5.91 Å². The van der Waals surface area contributed by atoms with Crippen molar-refractivity contribution < 1.29 is 9.53 Å². The molecular formula is C22H21N3O2. The van der Waals surface area contributed by atoms with Crippen LogP contribution in [-0.2, 0) is 19.5 Å². The molecule has 27 heavy (non-hydrogen) atoms. The van der Waals surface area contributed by atoms with Crippen molar-refractivity contribution in [3.05, 3.63) is 89.1 Å². The van der Waals surface area contributed by atoms with Gasteiger partial charge in [-0.2, -0.15) is 0 Å². The smallest absolute Gasteiger partial charge is 0.254 e. The Morgan fingerprint density at radius 1 is 1.07 bits per heavy atom. The average Bonchev–Trinajstić information content (AvgIpc) is 2.73. The van der Waals surface area contributed by atoms with Crippen molar-refractivity contribution in [3.63, 3.8) is 0 Å². The summed E-state index contributed by atoms with van der Waals surface area (Å²) in [6.07, 6.45) is 2.55. The molecule has 0 bridgehead atoms. The Balaban J connectivity index is 1.51. The minimum absolute atomic E-state index is 0.0126. The number of carbonyl (C=O) groups is 1. The molecule has 136 valence electrons. The molecule has 1 amide bonds. The Labute approximate surface area is 158 Å². The predicted octanol–water partition coefficient (Wildman–Crippen LogP) is 3.53. The van der Waals surface area contributed by atoms with E-state index in [0.717, 1.165) is 18.5 Å². The summed E-state index contributed by atoms with van der Waals surface area (Å²) >= 11 is 0. The van der Waals surface area contributed by atoms with E-state index in [2.05, 4.69) is 17.1 Å². The lowest BCUT2D eigenvalue weighted by Crippen LogP contribution is -2.35. The summed E-state index contributed by atoms with van der Waals surface area (Å²) in [7, 11) is 0. The van der Waals surface area contributed by atoms with Crippen molar-refractivity contribution in [2.45, 2.75) is 19.5 Å². The van der Waals surface area contributed by atoms with Gasteiger partial charge in [0, 0.05) is 37.5 Å². The van der Waals surface area contributed by atoms with Gasteiger partial charge < -0.3 is 15.4 Å². The third kappa shape index (κ3) is 3.83. The molecule has 1 aromatic heterocycles. The quantitative estimate of drug-likeness (QED) is 0.774. The first-order valence-corrected chi connectivity index (χ1v) is 9.02. The molecule has 0 unspecified atom stereocenters. The molecule has 3 aromatic rings. The molecule has 4 rings (SSSR count). The first-order valence-electron chi connectivity index (χ1n) is 9.02. The highest BCUT2D eigenvalue weighted by Gasteiger charge is 2.21. The molecule has 0 aliphatic carbocycles. The van der Waals surface area contributed by atoms with Crippen LogP contribution in [-0.4, -0.2) is 22.3 Å². The highest BCUT2D eigenvalue weighted by Crippen LogP contribution is 2.24. The number of aromatic nitrogens is 1. The number of rotatable bonds is 4. The van der Waals surface area contributed by atoms with Crippen molar-refractivity contribution in [1.29, 1.82) is 0 Å². The van der Waals surface area contributed by atoms with Gasteiger partial charge in [-0.05, 0) is 47.4 Å². The molecular weight excluding hydrogens is 338 g/mol. The number of nitrogens with zero attached hydrogens (tertiary/aromatic N) is 2. The normalized spacial score (nSPS) is 13.1. The van der Waals surface area contributed by atoms with E-state index in [4.69, 9.17) is 10.5 Å². The number of benzene rings is 2. The van der Waals surface area contributed by atoms with Crippen LogP contribution in [0.2, 0.25) is 0 Å². The van der Waals surface area contributed by atoms with Gasteiger partial charge in [-0.1, -0.05) is 30.3 Å². The van der Waals surface area contributed by atoms with Crippen molar-refractivity contribution in [1.82, 2.24) is 9.88 Å². The Morgan fingerprint density at radius 2 is 1.93 bits per heavy atom. The van der Waals surface area contributed by atoms with E-state index in [0.29, 0.717) is 30.3 Å². The molecule has 0 fully saturated rings. The monoisotopic (exact) mass is 359 g/mol. The van der Waals surface area contributed by atoms with Gasteiger partial charge in [0.1, 0.15) is 5.75 Å². The van der Waals surface area contributed by atoms with Crippen LogP contribution in [0.25, 0.3) is 0 Å². The van der Waals surface area contributed by atoms with Gasteiger partial charge >= 0.3 is 0 Å². The average molecular weight is 359 g/mol. The second-order valence-electron chi connectivity index (χ2n) is 6.58. The maximum Gasteiger partial charge on any atom is 0.254 e. The van der Waals surface area contributed by atoms with Crippen LogP contribution in [0, 0.1) is 0 Å². The number of carbonyl (C=O) groups excluding carboxylic acids is 1. The van der Waals surface area contributed by atoms with Crippen LogP contribution in [0.15, 0.2) is 66.9 Å². The van der Waals surface area contributed by atoms with Gasteiger partial charge in [0.2, 0.25) is 5.88 Å². The summed E-state index contributed by atoms with van der Waals surface area (Å²) in [4.78, 5) is 19.0. The fourth-order valence-corrected chi connectivity index (χ4v) is 3.30. The van der Waals surface area contributed by atoms with Crippen LogP contribution in [0.4, 0.5) is 0 Å². The Morgan fingerprint density at radius 3 is 2.78 bits per heavy atom. The molecule has 2 aromatic carbocycles. The van der Waals surface area contributed by atoms with Crippen molar-refractivity contribution in [2.75, 3.05) is 6.54 Å². The van der Waals surface area contributed by atoms with Crippen LogP contribution < -0.4 is 10.5 Å². The molecule has 0 atom stereocenters. The fourth-order valence-electron chi connectivity index (χ4n) is 3.30. The summed E-state index contributed by atoms with van der Waals surface area (Å²) in [5.74, 6) is 1.06. The van der Waals surface area contributed by atoms with E-state index in [1.807, 2.05) is 41.3 Å². The molecule has 5 nitrogen and oxygen atoms in total. The number of nitrogens with two attached hydrogens (primary N) is 1. The number of hydrogen-bond donors (Lipinski definition) is 1. The van der Waals surface area contributed by atoms with Gasteiger partial charge in [0.25, 0.3) is 5.91 Å². The van der Waals surface area contributed by atoms with E-state index >= 15 is 0 Å². The van der Waals surface area contributed by atoms with Crippen molar-refractivity contribution in [3.8, 4) is 11.6 Å². The fraction of sp³-hybridized carbons (Fsp3) is 0.182. The molecule has 0 spiro atoms.